The lowest BCUT2D eigenvalue weighted by atomic mass is 10.1. The lowest BCUT2D eigenvalue weighted by molar-refractivity contribution is -0.145. The number of likely N-dealkylation sites (N-methyl/N-ethyl adjacent to an activating group) is 1. The Kier molecular flexibility index (Phi) is 33.5. The minimum atomic E-state index is -0.139. The molecular formula is C29H59NO10. The molecule has 0 spiro atoms. The number of nitrogens with zero attached hydrogens (tertiary/aromatic N) is 1. The number of hydrogen-bond donors (Lipinski definition) is 0. The number of esters is 1. The normalized spacial score (nSPS) is 11.5. The molecule has 240 valence electrons. The molecule has 0 aromatic rings. The van der Waals surface area contributed by atoms with Crippen molar-refractivity contribution in [2.45, 2.75) is 51.9 Å². The van der Waals surface area contributed by atoms with E-state index in [0.29, 0.717) is 112 Å². The summed E-state index contributed by atoms with van der Waals surface area (Å²) in [6.07, 6.45) is 7.45. The molecule has 0 heterocycles. The first-order valence-corrected chi connectivity index (χ1v) is 15.1. The summed E-state index contributed by atoms with van der Waals surface area (Å²) in [5, 5.41) is 0. The van der Waals surface area contributed by atoms with Crippen molar-refractivity contribution in [3.05, 3.63) is 0 Å². The second kappa shape index (κ2) is 34.3. The molecule has 0 aliphatic carbocycles. The minimum absolute atomic E-state index is 0.139. The molecule has 0 radical (unpaired) electrons. The summed E-state index contributed by atoms with van der Waals surface area (Å²) in [5.74, 6) is -0.139. The molecule has 0 aromatic heterocycles. The molecular weight excluding hydrogens is 522 g/mol. The van der Waals surface area contributed by atoms with Gasteiger partial charge in [0, 0.05) is 13.0 Å². The predicted octanol–water partition coefficient (Wildman–Crippen LogP) is 2.97. The Hall–Kier alpha value is -0.890. The summed E-state index contributed by atoms with van der Waals surface area (Å²) in [6, 6.07) is 0. The van der Waals surface area contributed by atoms with E-state index in [1.807, 2.05) is 14.1 Å². The molecule has 11 heteroatoms. The van der Waals surface area contributed by atoms with Crippen LogP contribution in [0.2, 0.25) is 0 Å². The van der Waals surface area contributed by atoms with Gasteiger partial charge in [0.05, 0.1) is 106 Å². The largest absolute Gasteiger partial charge is 0.463 e. The van der Waals surface area contributed by atoms with Crippen LogP contribution < -0.4 is 0 Å². The van der Waals surface area contributed by atoms with Crippen LogP contribution in [-0.4, -0.2) is 144 Å². The van der Waals surface area contributed by atoms with Crippen LogP contribution in [0.15, 0.2) is 0 Å². The van der Waals surface area contributed by atoms with Crippen molar-refractivity contribution in [2.75, 3.05) is 133 Å². The van der Waals surface area contributed by atoms with E-state index in [0.717, 1.165) is 26.0 Å². The standard InChI is InChI=1S/C29H59NO10/c1-4-5-6-7-8-9-10-29(31)40-28-27-39-26-25-38-24-23-37-22-21-36-20-19-35-18-17-34-16-15-33-14-13-32-12-11-30(2)3/h4-28H2,1-3H3. The topological polar surface area (TPSA) is 103 Å². The summed E-state index contributed by atoms with van der Waals surface area (Å²) in [6.45, 7) is 11.8. The Labute approximate surface area is 243 Å². The minimum Gasteiger partial charge on any atom is -0.463 e. The second-order valence-electron chi connectivity index (χ2n) is 9.44. The van der Waals surface area contributed by atoms with Crippen LogP contribution in [0.3, 0.4) is 0 Å². The number of ether oxygens (including phenoxy) is 9. The molecule has 0 aliphatic rings. The summed E-state index contributed by atoms with van der Waals surface area (Å²) < 4.78 is 48.8. The fourth-order valence-electron chi connectivity index (χ4n) is 3.22. The average molecular weight is 582 g/mol. The summed E-state index contributed by atoms with van der Waals surface area (Å²) in [4.78, 5) is 13.7. The first kappa shape index (κ1) is 39.1. The Bertz CT molecular complexity index is 499. The summed E-state index contributed by atoms with van der Waals surface area (Å²) >= 11 is 0. The predicted molar refractivity (Wildman–Crippen MR) is 154 cm³/mol. The fraction of sp³-hybridized carbons (Fsp3) is 0.966. The maximum Gasteiger partial charge on any atom is 0.305 e. The van der Waals surface area contributed by atoms with Gasteiger partial charge in [-0.3, -0.25) is 4.79 Å². The van der Waals surface area contributed by atoms with E-state index >= 15 is 0 Å². The molecule has 0 aromatic carbocycles. The van der Waals surface area contributed by atoms with Gasteiger partial charge in [-0.15, -0.1) is 0 Å². The van der Waals surface area contributed by atoms with E-state index in [2.05, 4.69) is 11.8 Å². The number of carbonyl (C=O) groups excluding carboxylic acids is 1. The molecule has 0 saturated carbocycles. The molecule has 0 N–H and O–H groups in total. The number of unbranched alkanes of at least 4 members (excludes halogenated alkanes) is 5. The zero-order chi connectivity index (χ0) is 29.2. The van der Waals surface area contributed by atoms with Crippen LogP contribution in [0, 0.1) is 0 Å². The van der Waals surface area contributed by atoms with E-state index in [4.69, 9.17) is 42.6 Å². The highest BCUT2D eigenvalue weighted by atomic mass is 16.6. The Balaban J connectivity index is 3.10. The third-order valence-corrected chi connectivity index (χ3v) is 5.51. The van der Waals surface area contributed by atoms with Gasteiger partial charge < -0.3 is 47.5 Å². The van der Waals surface area contributed by atoms with Gasteiger partial charge in [0.2, 0.25) is 0 Å². The molecule has 0 atom stereocenters. The number of carbonyl (C=O) groups is 1. The maximum atomic E-state index is 11.6. The van der Waals surface area contributed by atoms with Crippen molar-refractivity contribution >= 4 is 5.97 Å². The maximum absolute atomic E-state index is 11.6. The molecule has 0 amide bonds. The smallest absolute Gasteiger partial charge is 0.305 e. The van der Waals surface area contributed by atoms with Gasteiger partial charge >= 0.3 is 5.97 Å². The van der Waals surface area contributed by atoms with E-state index in [9.17, 15) is 4.79 Å². The zero-order valence-electron chi connectivity index (χ0n) is 25.7. The molecule has 11 nitrogen and oxygen atoms in total. The van der Waals surface area contributed by atoms with Gasteiger partial charge in [0.1, 0.15) is 6.61 Å². The first-order chi connectivity index (χ1) is 19.7. The lowest BCUT2D eigenvalue weighted by Gasteiger charge is -2.10. The Morgan fingerprint density at radius 2 is 0.775 bits per heavy atom. The molecule has 0 bridgehead atoms. The lowest BCUT2D eigenvalue weighted by Crippen LogP contribution is -2.19. The van der Waals surface area contributed by atoms with Crippen LogP contribution in [0.1, 0.15) is 51.9 Å². The van der Waals surface area contributed by atoms with Crippen molar-refractivity contribution in [1.82, 2.24) is 4.90 Å². The number of rotatable bonds is 34. The third kappa shape index (κ3) is 35.1. The van der Waals surface area contributed by atoms with Crippen molar-refractivity contribution in [2.24, 2.45) is 0 Å². The van der Waals surface area contributed by atoms with Gasteiger partial charge in [-0.1, -0.05) is 39.0 Å². The van der Waals surface area contributed by atoms with Crippen LogP contribution >= 0.6 is 0 Å². The summed E-state index contributed by atoms with van der Waals surface area (Å²) in [7, 11) is 4.04. The molecule has 40 heavy (non-hydrogen) atoms. The van der Waals surface area contributed by atoms with E-state index in [1.54, 1.807) is 0 Å². The first-order valence-electron chi connectivity index (χ1n) is 15.1. The third-order valence-electron chi connectivity index (χ3n) is 5.51. The highest BCUT2D eigenvalue weighted by Gasteiger charge is 2.02. The van der Waals surface area contributed by atoms with Gasteiger partial charge in [-0.05, 0) is 20.5 Å². The van der Waals surface area contributed by atoms with Crippen LogP contribution in [0.5, 0.6) is 0 Å². The van der Waals surface area contributed by atoms with Crippen LogP contribution in [0.25, 0.3) is 0 Å². The van der Waals surface area contributed by atoms with Gasteiger partial charge in [0.15, 0.2) is 0 Å². The zero-order valence-corrected chi connectivity index (χ0v) is 25.7. The monoisotopic (exact) mass is 581 g/mol. The SMILES string of the molecule is CCCCCCCCC(=O)OCCOCCOCCOCCOCCOCCOCCOCCOCCN(C)C. The van der Waals surface area contributed by atoms with Crippen LogP contribution in [-0.2, 0) is 47.4 Å². The van der Waals surface area contributed by atoms with Crippen LogP contribution in [0.4, 0.5) is 0 Å². The molecule has 0 rings (SSSR count). The molecule has 0 fully saturated rings. The average Bonchev–Trinajstić information content (AvgIpc) is 2.94. The van der Waals surface area contributed by atoms with Crippen molar-refractivity contribution in [1.29, 1.82) is 0 Å². The molecule has 0 aliphatic heterocycles. The van der Waals surface area contributed by atoms with E-state index in [-0.39, 0.29) is 5.97 Å². The highest BCUT2D eigenvalue weighted by Crippen LogP contribution is 2.07. The highest BCUT2D eigenvalue weighted by molar-refractivity contribution is 5.69. The van der Waals surface area contributed by atoms with Crippen molar-refractivity contribution in [3.8, 4) is 0 Å². The van der Waals surface area contributed by atoms with Gasteiger partial charge in [0.25, 0.3) is 0 Å². The Morgan fingerprint density at radius 3 is 1.15 bits per heavy atom. The fourth-order valence-corrected chi connectivity index (χ4v) is 3.22. The summed E-state index contributed by atoms with van der Waals surface area (Å²) in [5.41, 5.74) is 0. The van der Waals surface area contributed by atoms with E-state index < -0.39 is 0 Å². The van der Waals surface area contributed by atoms with Crippen molar-refractivity contribution < 1.29 is 47.4 Å². The quantitative estimate of drug-likeness (QED) is 0.0828. The van der Waals surface area contributed by atoms with Gasteiger partial charge in [-0.2, -0.15) is 0 Å². The van der Waals surface area contributed by atoms with E-state index in [1.165, 1.54) is 25.7 Å². The van der Waals surface area contributed by atoms with Gasteiger partial charge in [-0.25, -0.2) is 0 Å². The number of hydrogen-bond acceptors (Lipinski definition) is 11. The Morgan fingerprint density at radius 1 is 0.450 bits per heavy atom. The van der Waals surface area contributed by atoms with Crippen molar-refractivity contribution in [3.63, 3.8) is 0 Å². The second-order valence-corrected chi connectivity index (χ2v) is 9.44. The molecule has 0 unspecified atom stereocenters. The molecule has 0 saturated heterocycles.